The lowest BCUT2D eigenvalue weighted by Gasteiger charge is -2.30. The summed E-state index contributed by atoms with van der Waals surface area (Å²) in [6.45, 7) is 4.10. The van der Waals surface area contributed by atoms with Gasteiger partial charge in [0, 0.05) is 13.1 Å². The molecule has 4 heteroatoms. The summed E-state index contributed by atoms with van der Waals surface area (Å²) in [4.78, 5) is 25.7. The van der Waals surface area contributed by atoms with E-state index in [-0.39, 0.29) is 11.8 Å². The third-order valence-corrected chi connectivity index (χ3v) is 3.60. The SMILES string of the molecule is CCOC(=O)C1CCN(CC2=CC=CCC2)CC1=O. The highest BCUT2D eigenvalue weighted by atomic mass is 16.5. The summed E-state index contributed by atoms with van der Waals surface area (Å²) in [6, 6.07) is 0. The van der Waals surface area contributed by atoms with Gasteiger partial charge in [0.25, 0.3) is 0 Å². The number of piperidine rings is 1. The quantitative estimate of drug-likeness (QED) is 0.572. The Kier molecular flexibility index (Phi) is 4.91. The van der Waals surface area contributed by atoms with Gasteiger partial charge in [-0.15, -0.1) is 0 Å². The maximum Gasteiger partial charge on any atom is 0.316 e. The Hall–Kier alpha value is -1.42. The first-order chi connectivity index (χ1) is 9.20. The largest absolute Gasteiger partial charge is 0.465 e. The van der Waals surface area contributed by atoms with Crippen molar-refractivity contribution in [3.8, 4) is 0 Å². The number of Topliss-reactive ketones (excluding diaryl/α,β-unsaturated/α-hetero) is 1. The van der Waals surface area contributed by atoms with Crippen LogP contribution in [0.25, 0.3) is 0 Å². The minimum absolute atomic E-state index is 0.00310. The van der Waals surface area contributed by atoms with Crippen LogP contribution in [0.3, 0.4) is 0 Å². The van der Waals surface area contributed by atoms with Gasteiger partial charge in [0.15, 0.2) is 5.78 Å². The second-order valence-corrected chi connectivity index (χ2v) is 5.06. The van der Waals surface area contributed by atoms with Gasteiger partial charge in [-0.2, -0.15) is 0 Å². The highest BCUT2D eigenvalue weighted by Gasteiger charge is 2.33. The number of carbonyl (C=O) groups excluding carboxylic acids is 2. The first-order valence-corrected chi connectivity index (χ1v) is 6.97. The van der Waals surface area contributed by atoms with Gasteiger partial charge in [0.1, 0.15) is 5.92 Å². The van der Waals surface area contributed by atoms with Crippen molar-refractivity contribution in [2.75, 3.05) is 26.2 Å². The molecule has 2 rings (SSSR count). The van der Waals surface area contributed by atoms with Gasteiger partial charge in [-0.05, 0) is 26.2 Å². The highest BCUT2D eigenvalue weighted by Crippen LogP contribution is 2.19. The van der Waals surface area contributed by atoms with E-state index in [0.29, 0.717) is 19.6 Å². The van der Waals surface area contributed by atoms with Crippen molar-refractivity contribution in [3.63, 3.8) is 0 Å². The van der Waals surface area contributed by atoms with Crippen LogP contribution < -0.4 is 0 Å². The van der Waals surface area contributed by atoms with Gasteiger partial charge in [0.2, 0.25) is 0 Å². The van der Waals surface area contributed by atoms with Gasteiger partial charge in [0.05, 0.1) is 13.2 Å². The molecule has 1 unspecified atom stereocenters. The van der Waals surface area contributed by atoms with Gasteiger partial charge < -0.3 is 4.74 Å². The number of ketones is 1. The van der Waals surface area contributed by atoms with Crippen LogP contribution in [0, 0.1) is 5.92 Å². The summed E-state index contributed by atoms with van der Waals surface area (Å²) in [5.74, 6) is -0.903. The number of hydrogen-bond donors (Lipinski definition) is 0. The third kappa shape index (κ3) is 3.77. The number of rotatable bonds is 4. The molecule has 1 heterocycles. The van der Waals surface area contributed by atoms with Crippen LogP contribution >= 0.6 is 0 Å². The van der Waals surface area contributed by atoms with Crippen molar-refractivity contribution in [2.24, 2.45) is 5.92 Å². The molecule has 104 valence electrons. The topological polar surface area (TPSA) is 46.6 Å². The summed E-state index contributed by atoms with van der Waals surface area (Å²) in [7, 11) is 0. The maximum atomic E-state index is 12.0. The van der Waals surface area contributed by atoms with E-state index in [1.807, 2.05) is 0 Å². The van der Waals surface area contributed by atoms with E-state index in [0.717, 1.165) is 25.9 Å². The van der Waals surface area contributed by atoms with E-state index in [1.54, 1.807) is 6.92 Å². The monoisotopic (exact) mass is 263 g/mol. The molecule has 4 nitrogen and oxygen atoms in total. The Balaban J connectivity index is 1.86. The van der Waals surface area contributed by atoms with Crippen LogP contribution in [0.1, 0.15) is 26.2 Å². The lowest BCUT2D eigenvalue weighted by atomic mass is 9.94. The van der Waals surface area contributed by atoms with Crippen LogP contribution in [-0.4, -0.2) is 42.9 Å². The van der Waals surface area contributed by atoms with Gasteiger partial charge >= 0.3 is 5.97 Å². The molecule has 1 fully saturated rings. The lowest BCUT2D eigenvalue weighted by molar-refractivity contribution is -0.153. The molecule has 1 aliphatic heterocycles. The molecule has 0 N–H and O–H groups in total. The van der Waals surface area contributed by atoms with E-state index in [9.17, 15) is 9.59 Å². The molecule has 1 atom stereocenters. The van der Waals surface area contributed by atoms with E-state index in [1.165, 1.54) is 5.57 Å². The normalized spacial score (nSPS) is 24.2. The fourth-order valence-corrected chi connectivity index (χ4v) is 2.58. The summed E-state index contributed by atoms with van der Waals surface area (Å²) in [6.07, 6.45) is 9.10. The number of carbonyl (C=O) groups is 2. The molecule has 0 spiro atoms. The van der Waals surface area contributed by atoms with Gasteiger partial charge in [-0.25, -0.2) is 0 Å². The lowest BCUT2D eigenvalue weighted by Crippen LogP contribution is -2.44. The van der Waals surface area contributed by atoms with Crippen molar-refractivity contribution in [1.82, 2.24) is 4.90 Å². The van der Waals surface area contributed by atoms with Crippen LogP contribution in [-0.2, 0) is 14.3 Å². The molecule has 0 aromatic heterocycles. The second kappa shape index (κ2) is 6.66. The average molecular weight is 263 g/mol. The zero-order valence-corrected chi connectivity index (χ0v) is 11.4. The smallest absolute Gasteiger partial charge is 0.316 e. The van der Waals surface area contributed by atoms with E-state index in [2.05, 4.69) is 23.1 Å². The van der Waals surface area contributed by atoms with E-state index < -0.39 is 5.92 Å². The van der Waals surface area contributed by atoms with Crippen LogP contribution in [0.2, 0.25) is 0 Å². The van der Waals surface area contributed by atoms with E-state index in [4.69, 9.17) is 4.74 Å². The Morgan fingerprint density at radius 2 is 2.37 bits per heavy atom. The Labute approximate surface area is 114 Å². The molecule has 0 amide bonds. The Morgan fingerprint density at radius 1 is 1.53 bits per heavy atom. The molecular formula is C15H21NO3. The molecule has 0 aromatic rings. The molecule has 0 saturated carbocycles. The molecular weight excluding hydrogens is 242 g/mol. The molecule has 1 aliphatic carbocycles. The highest BCUT2D eigenvalue weighted by molar-refractivity contribution is 6.00. The van der Waals surface area contributed by atoms with Crippen molar-refractivity contribution >= 4 is 11.8 Å². The molecule has 2 aliphatic rings. The number of nitrogens with zero attached hydrogens (tertiary/aromatic N) is 1. The number of hydrogen-bond acceptors (Lipinski definition) is 4. The van der Waals surface area contributed by atoms with Crippen molar-refractivity contribution in [3.05, 3.63) is 23.8 Å². The fraction of sp³-hybridized carbons (Fsp3) is 0.600. The van der Waals surface area contributed by atoms with Gasteiger partial charge in [-0.3, -0.25) is 14.5 Å². The maximum absolute atomic E-state index is 12.0. The minimum atomic E-state index is -0.545. The second-order valence-electron chi connectivity index (χ2n) is 5.06. The molecule has 0 radical (unpaired) electrons. The summed E-state index contributed by atoms with van der Waals surface area (Å²) in [5, 5.41) is 0. The Morgan fingerprint density at radius 3 is 3.00 bits per heavy atom. The van der Waals surface area contributed by atoms with Gasteiger partial charge in [-0.1, -0.05) is 23.8 Å². The van der Waals surface area contributed by atoms with Crippen molar-refractivity contribution in [2.45, 2.75) is 26.2 Å². The Bertz CT molecular complexity index is 412. The standard InChI is InChI=1S/C15H21NO3/c1-2-19-15(18)13-8-9-16(11-14(13)17)10-12-6-4-3-5-7-12/h3-4,6,13H,2,5,7-11H2,1H3. The van der Waals surface area contributed by atoms with Crippen molar-refractivity contribution in [1.29, 1.82) is 0 Å². The molecule has 0 aromatic carbocycles. The zero-order valence-electron chi connectivity index (χ0n) is 11.4. The predicted molar refractivity (Wildman–Crippen MR) is 72.6 cm³/mol. The van der Waals surface area contributed by atoms with Crippen molar-refractivity contribution < 1.29 is 14.3 Å². The molecule has 19 heavy (non-hydrogen) atoms. The van der Waals surface area contributed by atoms with Crippen LogP contribution in [0.15, 0.2) is 23.8 Å². The molecule has 0 bridgehead atoms. The average Bonchev–Trinajstić information content (AvgIpc) is 2.40. The third-order valence-electron chi connectivity index (χ3n) is 3.60. The minimum Gasteiger partial charge on any atom is -0.465 e. The molecule has 1 saturated heterocycles. The summed E-state index contributed by atoms with van der Waals surface area (Å²) in [5.41, 5.74) is 1.37. The number of allylic oxidation sites excluding steroid dienone is 3. The van der Waals surface area contributed by atoms with E-state index >= 15 is 0 Å². The first kappa shape index (κ1) is 14.0. The summed E-state index contributed by atoms with van der Waals surface area (Å²) < 4.78 is 4.94. The first-order valence-electron chi connectivity index (χ1n) is 6.97. The van der Waals surface area contributed by atoms with Crippen LogP contribution in [0.5, 0.6) is 0 Å². The van der Waals surface area contributed by atoms with Crippen LogP contribution in [0.4, 0.5) is 0 Å². The number of likely N-dealkylation sites (tertiary alicyclic amines) is 1. The number of ether oxygens (including phenoxy) is 1. The predicted octanol–water partition coefficient (Wildman–Crippen LogP) is 1.72. The number of esters is 1. The summed E-state index contributed by atoms with van der Waals surface area (Å²) >= 11 is 0. The fourth-order valence-electron chi connectivity index (χ4n) is 2.58. The zero-order chi connectivity index (χ0) is 13.7.